The van der Waals surface area contributed by atoms with Crippen LogP contribution in [0.4, 0.5) is 0 Å². The number of nitrogens with zero attached hydrogens (tertiary/aromatic N) is 2. The number of aromatic nitrogens is 2. The fourth-order valence-corrected chi connectivity index (χ4v) is 10.8. The van der Waals surface area contributed by atoms with E-state index in [-0.39, 0.29) is 5.92 Å². The number of rotatable bonds is 5. The van der Waals surface area contributed by atoms with E-state index in [1.165, 1.54) is 103 Å². The lowest BCUT2D eigenvalue weighted by atomic mass is 9.85. The summed E-state index contributed by atoms with van der Waals surface area (Å²) in [5.41, 5.74) is 15.1. The molecule has 0 radical (unpaired) electrons. The zero-order valence-corrected chi connectivity index (χ0v) is 32.0. The van der Waals surface area contributed by atoms with Gasteiger partial charge in [0.05, 0.1) is 22.1 Å². The Balaban J connectivity index is 1.04. The Bertz CT molecular complexity index is 3360. The van der Waals surface area contributed by atoms with Crippen molar-refractivity contribution in [1.29, 1.82) is 0 Å². The lowest BCUT2D eigenvalue weighted by Gasteiger charge is -2.26. The summed E-state index contributed by atoms with van der Waals surface area (Å²) in [6.45, 7) is 0. The third-order valence-electron chi connectivity index (χ3n) is 12.1. The van der Waals surface area contributed by atoms with Crippen LogP contribution in [0.25, 0.3) is 93.4 Å². The maximum Gasteiger partial charge on any atom is 0.0547 e. The Morgan fingerprint density at radius 3 is 1.60 bits per heavy atom. The standard InChI is InChI=1S/C54H36N2S/c1-3-13-35(14-4-1)36-23-25-37(26-24-36)47-33-41(34-48-46-19-9-12-22-53(46)57-54(47)48)56-50-21-11-8-18-43(50)45-30-28-39(32-52(45)56)38-27-29-44-42-17-7-10-20-49(42)55(51(44)31-38)40-15-5-2-6-16-40/h1-32,34,47H,33H2. The predicted octanol–water partition coefficient (Wildman–Crippen LogP) is 15.0. The molecule has 268 valence electrons. The van der Waals surface area contributed by atoms with Crippen molar-refractivity contribution in [2.45, 2.75) is 12.3 Å². The number of fused-ring (bicyclic) bond motifs is 9. The summed E-state index contributed by atoms with van der Waals surface area (Å²) >= 11 is 1.96. The van der Waals surface area contributed by atoms with Crippen molar-refractivity contribution in [2.24, 2.45) is 0 Å². The molecule has 3 heterocycles. The third kappa shape index (κ3) is 5.09. The Labute approximate surface area is 334 Å². The van der Waals surface area contributed by atoms with Gasteiger partial charge < -0.3 is 9.13 Å². The lowest BCUT2D eigenvalue weighted by Crippen LogP contribution is -2.10. The highest BCUT2D eigenvalue weighted by molar-refractivity contribution is 7.19. The Morgan fingerprint density at radius 2 is 0.912 bits per heavy atom. The van der Waals surface area contributed by atoms with Gasteiger partial charge in [0, 0.05) is 53.8 Å². The summed E-state index contributed by atoms with van der Waals surface area (Å²) in [5, 5.41) is 6.43. The molecule has 3 heteroatoms. The SMILES string of the molecule is C1=C(n2c3ccccc3c3ccc(-c4ccc5c6ccccc6n(-c6ccccc6)c5c4)cc32)CC(c2ccc(-c3ccccc3)cc2)c2sc3ccccc3c21. The quantitative estimate of drug-likeness (QED) is 0.166. The Kier molecular flexibility index (Phi) is 7.26. The summed E-state index contributed by atoms with van der Waals surface area (Å²) in [5.74, 6) is 0.240. The van der Waals surface area contributed by atoms with Gasteiger partial charge in [-0.3, -0.25) is 0 Å². The molecule has 57 heavy (non-hydrogen) atoms. The number of para-hydroxylation sites is 3. The molecule has 0 N–H and O–H groups in total. The van der Waals surface area contributed by atoms with Gasteiger partial charge in [-0.15, -0.1) is 11.3 Å². The van der Waals surface area contributed by atoms with E-state index in [1.54, 1.807) is 0 Å². The van der Waals surface area contributed by atoms with E-state index in [1.807, 2.05) is 11.3 Å². The summed E-state index contributed by atoms with van der Waals surface area (Å²) in [6.07, 6.45) is 3.40. The monoisotopic (exact) mass is 744 g/mol. The van der Waals surface area contributed by atoms with Crippen molar-refractivity contribution in [3.8, 4) is 27.9 Å². The Hall–Kier alpha value is -6.94. The third-order valence-corrected chi connectivity index (χ3v) is 13.4. The van der Waals surface area contributed by atoms with Gasteiger partial charge in [-0.25, -0.2) is 0 Å². The summed E-state index contributed by atoms with van der Waals surface area (Å²) in [6, 6.07) is 71.5. The fraction of sp³-hybridized carbons (Fsp3) is 0.0370. The van der Waals surface area contributed by atoms with Gasteiger partial charge >= 0.3 is 0 Å². The smallest absolute Gasteiger partial charge is 0.0547 e. The van der Waals surface area contributed by atoms with Crippen molar-refractivity contribution in [2.75, 3.05) is 0 Å². The van der Waals surface area contributed by atoms with Gasteiger partial charge in [0.2, 0.25) is 0 Å². The van der Waals surface area contributed by atoms with Crippen molar-refractivity contribution in [3.63, 3.8) is 0 Å². The van der Waals surface area contributed by atoms with E-state index in [4.69, 9.17) is 0 Å². The second kappa shape index (κ2) is 12.8. The number of hydrogen-bond acceptors (Lipinski definition) is 1. The first-order chi connectivity index (χ1) is 28.3. The van der Waals surface area contributed by atoms with Crippen LogP contribution in [0.1, 0.15) is 28.3 Å². The topological polar surface area (TPSA) is 9.86 Å². The van der Waals surface area contributed by atoms with E-state index in [0.717, 1.165) is 6.42 Å². The largest absolute Gasteiger partial charge is 0.313 e. The minimum Gasteiger partial charge on any atom is -0.313 e. The molecule has 1 atom stereocenters. The number of allylic oxidation sites excluding steroid dienone is 1. The van der Waals surface area contributed by atoms with Gasteiger partial charge in [-0.05, 0) is 88.3 Å². The van der Waals surface area contributed by atoms with Crippen LogP contribution in [0.2, 0.25) is 0 Å². The minimum absolute atomic E-state index is 0.240. The highest BCUT2D eigenvalue weighted by Crippen LogP contribution is 2.49. The van der Waals surface area contributed by atoms with Gasteiger partial charge in [-0.2, -0.15) is 0 Å². The molecule has 0 aliphatic heterocycles. The molecule has 12 rings (SSSR count). The van der Waals surface area contributed by atoms with Crippen molar-refractivity contribution < 1.29 is 0 Å². The molecular formula is C54H36N2S. The van der Waals surface area contributed by atoms with E-state index in [0.29, 0.717) is 0 Å². The van der Waals surface area contributed by atoms with E-state index >= 15 is 0 Å². The van der Waals surface area contributed by atoms with Crippen molar-refractivity contribution in [1.82, 2.24) is 9.13 Å². The molecule has 0 saturated heterocycles. The molecule has 3 aromatic heterocycles. The average molecular weight is 745 g/mol. The molecule has 0 spiro atoms. The molecule has 0 amide bonds. The lowest BCUT2D eigenvalue weighted by molar-refractivity contribution is 0.826. The normalized spacial score (nSPS) is 14.2. The maximum atomic E-state index is 2.56. The first-order valence-electron chi connectivity index (χ1n) is 19.8. The molecule has 0 fully saturated rings. The zero-order valence-electron chi connectivity index (χ0n) is 31.1. The minimum atomic E-state index is 0.240. The molecule has 1 aliphatic rings. The predicted molar refractivity (Wildman–Crippen MR) is 244 cm³/mol. The number of thiophene rings is 1. The molecule has 2 nitrogen and oxygen atoms in total. The average Bonchev–Trinajstić information content (AvgIpc) is 3.94. The molecule has 0 saturated carbocycles. The van der Waals surface area contributed by atoms with Crippen LogP contribution < -0.4 is 0 Å². The van der Waals surface area contributed by atoms with E-state index in [2.05, 4.69) is 209 Å². The molecule has 1 aliphatic carbocycles. The van der Waals surface area contributed by atoms with Crippen molar-refractivity contribution >= 4 is 76.8 Å². The van der Waals surface area contributed by atoms with Gasteiger partial charge in [0.25, 0.3) is 0 Å². The fourth-order valence-electron chi connectivity index (χ4n) is 9.45. The number of hydrogen-bond donors (Lipinski definition) is 0. The highest BCUT2D eigenvalue weighted by Gasteiger charge is 2.29. The molecule has 8 aromatic carbocycles. The van der Waals surface area contributed by atoms with Crippen LogP contribution in [-0.4, -0.2) is 9.13 Å². The second-order valence-electron chi connectivity index (χ2n) is 15.3. The van der Waals surface area contributed by atoms with Gasteiger partial charge in [-0.1, -0.05) is 152 Å². The summed E-state index contributed by atoms with van der Waals surface area (Å²) in [7, 11) is 0. The van der Waals surface area contributed by atoms with E-state index in [9.17, 15) is 0 Å². The van der Waals surface area contributed by atoms with Crippen LogP contribution in [0.3, 0.4) is 0 Å². The van der Waals surface area contributed by atoms with Crippen LogP contribution in [0.5, 0.6) is 0 Å². The molecular weight excluding hydrogens is 709 g/mol. The van der Waals surface area contributed by atoms with E-state index < -0.39 is 0 Å². The number of benzene rings is 8. The zero-order chi connectivity index (χ0) is 37.5. The molecule has 0 bridgehead atoms. The van der Waals surface area contributed by atoms with Gasteiger partial charge in [0.15, 0.2) is 0 Å². The maximum absolute atomic E-state index is 2.56. The second-order valence-corrected chi connectivity index (χ2v) is 16.3. The van der Waals surface area contributed by atoms with Gasteiger partial charge in [0.1, 0.15) is 0 Å². The van der Waals surface area contributed by atoms with Crippen LogP contribution in [0, 0.1) is 0 Å². The summed E-state index contributed by atoms with van der Waals surface area (Å²) < 4.78 is 6.32. The highest BCUT2D eigenvalue weighted by atomic mass is 32.1. The molecule has 1 unspecified atom stereocenters. The van der Waals surface area contributed by atoms with Crippen LogP contribution >= 0.6 is 11.3 Å². The Morgan fingerprint density at radius 1 is 0.404 bits per heavy atom. The van der Waals surface area contributed by atoms with Crippen molar-refractivity contribution in [3.05, 3.63) is 210 Å². The van der Waals surface area contributed by atoms with Crippen LogP contribution in [0.15, 0.2) is 194 Å². The van der Waals surface area contributed by atoms with Crippen LogP contribution in [-0.2, 0) is 0 Å². The summed E-state index contributed by atoms with van der Waals surface area (Å²) in [4.78, 5) is 1.45. The first-order valence-corrected chi connectivity index (χ1v) is 20.6. The first kappa shape index (κ1) is 32.3. The molecule has 11 aromatic rings.